The zero-order valence-corrected chi connectivity index (χ0v) is 9.58. The van der Waals surface area contributed by atoms with Crippen LogP contribution in [0.3, 0.4) is 0 Å². The quantitative estimate of drug-likeness (QED) is 0.820. The molecule has 0 radical (unpaired) electrons. The molecule has 1 aromatic heterocycles. The molecule has 6 heteroatoms. The van der Waals surface area contributed by atoms with Gasteiger partial charge in [0.25, 0.3) is 0 Å². The molecular weight excluding hydrogens is 233 g/mol. The first-order valence-electron chi connectivity index (χ1n) is 5.29. The molecule has 0 saturated heterocycles. The summed E-state index contributed by atoms with van der Waals surface area (Å²) in [4.78, 5) is 5.10. The van der Waals surface area contributed by atoms with Crippen molar-refractivity contribution in [2.24, 2.45) is 0 Å². The van der Waals surface area contributed by atoms with Gasteiger partial charge in [-0.15, -0.1) is 0 Å². The van der Waals surface area contributed by atoms with Gasteiger partial charge in [0.15, 0.2) is 0 Å². The fourth-order valence-corrected chi connectivity index (χ4v) is 1.38. The SMILES string of the molecule is CN(C)c1cnc(C(F)(F)F)cc1OC1CC1. The van der Waals surface area contributed by atoms with Crippen molar-refractivity contribution in [2.75, 3.05) is 19.0 Å². The summed E-state index contributed by atoms with van der Waals surface area (Å²) in [7, 11) is 3.48. The minimum atomic E-state index is -4.44. The number of rotatable bonds is 3. The number of aromatic nitrogens is 1. The Balaban J connectivity index is 2.34. The third kappa shape index (κ3) is 2.81. The Bertz CT molecular complexity index is 414. The third-order valence-corrected chi connectivity index (χ3v) is 2.44. The predicted octanol–water partition coefficient (Wildman–Crippen LogP) is 2.71. The third-order valence-electron chi connectivity index (χ3n) is 2.44. The van der Waals surface area contributed by atoms with Crippen LogP contribution in [-0.4, -0.2) is 25.2 Å². The lowest BCUT2D eigenvalue weighted by Crippen LogP contribution is -2.15. The number of hydrogen-bond acceptors (Lipinski definition) is 3. The van der Waals surface area contributed by atoms with Gasteiger partial charge in [-0.25, -0.2) is 4.98 Å². The molecular formula is C11H13F3N2O. The molecule has 1 aliphatic rings. The largest absolute Gasteiger partial charge is 0.488 e. The molecule has 1 fully saturated rings. The molecule has 0 amide bonds. The Morgan fingerprint density at radius 1 is 1.35 bits per heavy atom. The van der Waals surface area contributed by atoms with Crippen molar-refractivity contribution >= 4 is 5.69 Å². The molecule has 17 heavy (non-hydrogen) atoms. The average Bonchev–Trinajstić information content (AvgIpc) is 2.99. The van der Waals surface area contributed by atoms with Crippen LogP contribution in [0.25, 0.3) is 0 Å². The first-order valence-corrected chi connectivity index (χ1v) is 5.29. The number of hydrogen-bond donors (Lipinski definition) is 0. The van der Waals surface area contributed by atoms with E-state index < -0.39 is 11.9 Å². The molecule has 0 atom stereocenters. The normalized spacial score (nSPS) is 15.8. The van der Waals surface area contributed by atoms with E-state index in [1.807, 2.05) is 0 Å². The Hall–Kier alpha value is -1.46. The Labute approximate surface area is 97.2 Å². The van der Waals surface area contributed by atoms with Gasteiger partial charge in [-0.2, -0.15) is 13.2 Å². The van der Waals surface area contributed by atoms with Crippen molar-refractivity contribution < 1.29 is 17.9 Å². The first kappa shape index (κ1) is 12.0. The minimum Gasteiger partial charge on any atom is -0.488 e. The van der Waals surface area contributed by atoms with Gasteiger partial charge >= 0.3 is 6.18 Å². The highest BCUT2D eigenvalue weighted by Crippen LogP contribution is 2.37. The highest BCUT2D eigenvalue weighted by atomic mass is 19.4. The van der Waals surface area contributed by atoms with Gasteiger partial charge in [-0.05, 0) is 12.8 Å². The highest BCUT2D eigenvalue weighted by Gasteiger charge is 2.34. The van der Waals surface area contributed by atoms with E-state index in [1.165, 1.54) is 6.20 Å². The molecule has 3 nitrogen and oxygen atoms in total. The van der Waals surface area contributed by atoms with E-state index in [2.05, 4.69) is 4.98 Å². The Morgan fingerprint density at radius 3 is 2.47 bits per heavy atom. The number of pyridine rings is 1. The molecule has 2 rings (SSSR count). The van der Waals surface area contributed by atoms with E-state index in [-0.39, 0.29) is 11.9 Å². The molecule has 0 bridgehead atoms. The Morgan fingerprint density at radius 2 is 2.00 bits per heavy atom. The second-order valence-corrected chi connectivity index (χ2v) is 4.25. The summed E-state index contributed by atoms with van der Waals surface area (Å²) >= 11 is 0. The van der Waals surface area contributed by atoms with Crippen LogP contribution < -0.4 is 9.64 Å². The van der Waals surface area contributed by atoms with Crippen LogP contribution in [-0.2, 0) is 6.18 Å². The van der Waals surface area contributed by atoms with Crippen molar-refractivity contribution in [1.29, 1.82) is 0 Å². The second kappa shape index (κ2) is 4.09. The number of ether oxygens (including phenoxy) is 1. The molecule has 0 N–H and O–H groups in total. The fourth-order valence-electron chi connectivity index (χ4n) is 1.38. The summed E-state index contributed by atoms with van der Waals surface area (Å²) in [6.45, 7) is 0. The first-order chi connectivity index (χ1) is 7.88. The van der Waals surface area contributed by atoms with Crippen molar-refractivity contribution in [3.05, 3.63) is 18.0 Å². The summed E-state index contributed by atoms with van der Waals surface area (Å²) in [5.74, 6) is 0.250. The molecule has 0 aliphatic heterocycles. The van der Waals surface area contributed by atoms with Crippen LogP contribution >= 0.6 is 0 Å². The molecule has 94 valence electrons. The van der Waals surface area contributed by atoms with Gasteiger partial charge in [0.1, 0.15) is 11.4 Å². The summed E-state index contributed by atoms with van der Waals surface area (Å²) in [5, 5.41) is 0. The van der Waals surface area contributed by atoms with Crippen molar-refractivity contribution in [3.63, 3.8) is 0 Å². The smallest absolute Gasteiger partial charge is 0.433 e. The van der Waals surface area contributed by atoms with Gasteiger partial charge in [0.2, 0.25) is 0 Å². The maximum atomic E-state index is 12.5. The van der Waals surface area contributed by atoms with Crippen molar-refractivity contribution in [2.45, 2.75) is 25.1 Å². The van der Waals surface area contributed by atoms with E-state index in [1.54, 1.807) is 19.0 Å². The molecule has 1 saturated carbocycles. The zero-order chi connectivity index (χ0) is 12.6. The van der Waals surface area contributed by atoms with E-state index in [0.29, 0.717) is 5.69 Å². The topological polar surface area (TPSA) is 25.4 Å². The van der Waals surface area contributed by atoms with Crippen LogP contribution in [0, 0.1) is 0 Å². The van der Waals surface area contributed by atoms with Crippen molar-refractivity contribution in [1.82, 2.24) is 4.98 Å². The molecule has 0 spiro atoms. The zero-order valence-electron chi connectivity index (χ0n) is 9.58. The Kier molecular flexibility index (Phi) is 2.89. The summed E-state index contributed by atoms with van der Waals surface area (Å²) in [5.41, 5.74) is -0.358. The van der Waals surface area contributed by atoms with Crippen molar-refractivity contribution in [3.8, 4) is 5.75 Å². The summed E-state index contributed by atoms with van der Waals surface area (Å²) in [6.07, 6.45) is -1.39. The summed E-state index contributed by atoms with van der Waals surface area (Å²) < 4.78 is 43.0. The maximum Gasteiger partial charge on any atom is 0.433 e. The van der Waals surface area contributed by atoms with Gasteiger partial charge in [-0.3, -0.25) is 0 Å². The number of alkyl halides is 3. The molecule has 0 aromatic carbocycles. The van der Waals surface area contributed by atoms with Gasteiger partial charge < -0.3 is 9.64 Å². The van der Waals surface area contributed by atoms with Gasteiger partial charge in [0, 0.05) is 20.2 Å². The number of halogens is 3. The molecule has 1 aromatic rings. The second-order valence-electron chi connectivity index (χ2n) is 4.25. The van der Waals surface area contributed by atoms with E-state index in [4.69, 9.17) is 4.74 Å². The number of anilines is 1. The van der Waals surface area contributed by atoms with Crippen LogP contribution in [0.2, 0.25) is 0 Å². The maximum absolute atomic E-state index is 12.5. The molecule has 1 aliphatic carbocycles. The van der Waals surface area contributed by atoms with E-state index >= 15 is 0 Å². The lowest BCUT2D eigenvalue weighted by molar-refractivity contribution is -0.141. The lowest BCUT2D eigenvalue weighted by Gasteiger charge is -2.18. The fraction of sp³-hybridized carbons (Fsp3) is 0.545. The predicted molar refractivity (Wildman–Crippen MR) is 57.2 cm³/mol. The monoisotopic (exact) mass is 246 g/mol. The van der Waals surface area contributed by atoms with Crippen LogP contribution in [0.1, 0.15) is 18.5 Å². The van der Waals surface area contributed by atoms with Crippen LogP contribution in [0.5, 0.6) is 5.75 Å². The molecule has 1 heterocycles. The number of nitrogens with zero attached hydrogens (tertiary/aromatic N) is 2. The summed E-state index contributed by atoms with van der Waals surface area (Å²) in [6, 6.07) is 0.966. The van der Waals surface area contributed by atoms with Gasteiger partial charge in [-0.1, -0.05) is 0 Å². The highest BCUT2D eigenvalue weighted by molar-refractivity contribution is 5.57. The minimum absolute atomic E-state index is 0.0529. The van der Waals surface area contributed by atoms with Crippen LogP contribution in [0.15, 0.2) is 12.3 Å². The lowest BCUT2D eigenvalue weighted by atomic mass is 10.3. The molecule has 0 unspecified atom stereocenters. The van der Waals surface area contributed by atoms with Crippen LogP contribution in [0.4, 0.5) is 18.9 Å². The standard InChI is InChI=1S/C11H13F3N2O/c1-16(2)8-6-15-10(11(12,13)14)5-9(8)17-7-3-4-7/h5-7H,3-4H2,1-2H3. The average molecular weight is 246 g/mol. The van der Waals surface area contributed by atoms with E-state index in [9.17, 15) is 13.2 Å². The van der Waals surface area contributed by atoms with Gasteiger partial charge in [0.05, 0.1) is 18.0 Å². The van der Waals surface area contributed by atoms with E-state index in [0.717, 1.165) is 18.9 Å².